The molecule has 1 fully saturated rings. The second-order valence-electron chi connectivity index (χ2n) is 7.29. The van der Waals surface area contributed by atoms with Crippen LogP contribution in [0.2, 0.25) is 0 Å². The van der Waals surface area contributed by atoms with E-state index in [1.165, 1.54) is 18.2 Å². The van der Waals surface area contributed by atoms with Crippen LogP contribution in [0.15, 0.2) is 29.2 Å². The van der Waals surface area contributed by atoms with Crippen LogP contribution in [0.5, 0.6) is 0 Å². The summed E-state index contributed by atoms with van der Waals surface area (Å²) in [6.45, 7) is 6.64. The fourth-order valence-electron chi connectivity index (χ4n) is 3.13. The van der Waals surface area contributed by atoms with Crippen molar-refractivity contribution in [1.82, 2.24) is 4.72 Å². The molecule has 0 aromatic heterocycles. The average Bonchev–Trinajstić information content (AvgIpc) is 2.46. The van der Waals surface area contributed by atoms with E-state index in [-0.39, 0.29) is 22.0 Å². The zero-order valence-electron chi connectivity index (χ0n) is 13.8. The number of non-ortho nitro benzene ring substituents is 1. The molecular weight excluding hydrogens is 316 g/mol. The van der Waals surface area contributed by atoms with Gasteiger partial charge in [-0.25, -0.2) is 13.1 Å². The Bertz CT molecular complexity index is 672. The SMILES string of the molecule is CC(C)(C)C1CCC(NS(=O)(=O)c2cccc([N+](=O)[O-])c2)CC1. The Balaban J connectivity index is 2.05. The smallest absolute Gasteiger partial charge is 0.258 e. The lowest BCUT2D eigenvalue weighted by atomic mass is 9.71. The maximum Gasteiger partial charge on any atom is 0.270 e. The van der Waals surface area contributed by atoms with Gasteiger partial charge in [0, 0.05) is 18.2 Å². The minimum absolute atomic E-state index is 0.0513. The molecule has 1 N–H and O–H groups in total. The van der Waals surface area contributed by atoms with Crippen molar-refractivity contribution >= 4 is 15.7 Å². The number of sulfonamides is 1. The van der Waals surface area contributed by atoms with Gasteiger partial charge in [-0.2, -0.15) is 0 Å². The number of nitro groups is 1. The second kappa shape index (κ2) is 6.57. The number of rotatable bonds is 4. The Morgan fingerprint density at radius 3 is 2.30 bits per heavy atom. The minimum atomic E-state index is -3.72. The fourth-order valence-corrected chi connectivity index (χ4v) is 4.47. The monoisotopic (exact) mass is 340 g/mol. The first-order valence-electron chi connectivity index (χ1n) is 7.86. The highest BCUT2D eigenvalue weighted by atomic mass is 32.2. The van der Waals surface area contributed by atoms with Gasteiger partial charge in [0.05, 0.1) is 9.82 Å². The van der Waals surface area contributed by atoms with E-state index in [4.69, 9.17) is 0 Å². The maximum absolute atomic E-state index is 12.4. The highest BCUT2D eigenvalue weighted by Gasteiger charge is 2.31. The predicted molar refractivity (Wildman–Crippen MR) is 88.6 cm³/mol. The molecule has 0 saturated heterocycles. The van der Waals surface area contributed by atoms with Crippen LogP contribution < -0.4 is 4.72 Å². The molecule has 128 valence electrons. The molecule has 0 spiro atoms. The van der Waals surface area contributed by atoms with Gasteiger partial charge in [0.1, 0.15) is 0 Å². The Morgan fingerprint density at radius 1 is 1.17 bits per heavy atom. The number of hydrogen-bond donors (Lipinski definition) is 1. The van der Waals surface area contributed by atoms with Crippen LogP contribution in [0, 0.1) is 21.4 Å². The topological polar surface area (TPSA) is 89.3 Å². The molecule has 0 bridgehead atoms. The van der Waals surface area contributed by atoms with Gasteiger partial charge in [0.2, 0.25) is 10.0 Å². The summed E-state index contributed by atoms with van der Waals surface area (Å²) < 4.78 is 27.5. The van der Waals surface area contributed by atoms with Crippen LogP contribution in [-0.4, -0.2) is 19.4 Å². The van der Waals surface area contributed by atoms with Crippen molar-refractivity contribution in [2.75, 3.05) is 0 Å². The van der Waals surface area contributed by atoms with Crippen LogP contribution >= 0.6 is 0 Å². The number of benzene rings is 1. The highest BCUT2D eigenvalue weighted by Crippen LogP contribution is 2.38. The van der Waals surface area contributed by atoms with Crippen molar-refractivity contribution < 1.29 is 13.3 Å². The summed E-state index contributed by atoms with van der Waals surface area (Å²) in [6, 6.07) is 5.06. The van der Waals surface area contributed by atoms with Gasteiger partial charge in [-0.3, -0.25) is 10.1 Å². The van der Waals surface area contributed by atoms with E-state index in [0.717, 1.165) is 31.7 Å². The van der Waals surface area contributed by atoms with E-state index in [1.807, 2.05) is 0 Å². The van der Waals surface area contributed by atoms with Gasteiger partial charge in [-0.05, 0) is 43.1 Å². The number of nitro benzene ring substituents is 1. The summed E-state index contributed by atoms with van der Waals surface area (Å²) >= 11 is 0. The molecule has 0 unspecified atom stereocenters. The lowest BCUT2D eigenvalue weighted by Crippen LogP contribution is -2.39. The molecule has 1 aliphatic carbocycles. The van der Waals surface area contributed by atoms with Crippen molar-refractivity contribution in [1.29, 1.82) is 0 Å². The quantitative estimate of drug-likeness (QED) is 0.671. The van der Waals surface area contributed by atoms with Crippen molar-refractivity contribution in [3.05, 3.63) is 34.4 Å². The maximum atomic E-state index is 12.4. The van der Waals surface area contributed by atoms with Crippen LogP contribution in [0.3, 0.4) is 0 Å². The van der Waals surface area contributed by atoms with Gasteiger partial charge in [-0.1, -0.05) is 26.8 Å². The van der Waals surface area contributed by atoms with E-state index in [0.29, 0.717) is 5.92 Å². The van der Waals surface area contributed by atoms with Crippen LogP contribution in [-0.2, 0) is 10.0 Å². The normalized spacial score (nSPS) is 22.7. The summed E-state index contributed by atoms with van der Waals surface area (Å²) in [5.41, 5.74) is 0.0217. The van der Waals surface area contributed by atoms with E-state index in [9.17, 15) is 18.5 Å². The Labute approximate surface area is 137 Å². The average molecular weight is 340 g/mol. The first-order valence-corrected chi connectivity index (χ1v) is 9.35. The molecule has 1 aliphatic rings. The highest BCUT2D eigenvalue weighted by molar-refractivity contribution is 7.89. The molecule has 2 rings (SSSR count). The van der Waals surface area contributed by atoms with E-state index in [1.54, 1.807) is 0 Å². The zero-order valence-corrected chi connectivity index (χ0v) is 14.6. The molecule has 1 saturated carbocycles. The standard InChI is InChI=1S/C16H24N2O4S/c1-16(2,3)12-7-9-13(10-8-12)17-23(21,22)15-6-4-5-14(11-15)18(19)20/h4-6,11-13,17H,7-10H2,1-3H3. The molecule has 0 aliphatic heterocycles. The third-order valence-electron chi connectivity index (χ3n) is 4.61. The lowest BCUT2D eigenvalue weighted by Gasteiger charge is -2.37. The first-order chi connectivity index (χ1) is 10.6. The Morgan fingerprint density at radius 2 is 1.78 bits per heavy atom. The summed E-state index contributed by atoms with van der Waals surface area (Å²) in [7, 11) is -3.72. The third-order valence-corrected chi connectivity index (χ3v) is 6.13. The minimum Gasteiger partial charge on any atom is -0.258 e. The van der Waals surface area contributed by atoms with Crippen molar-refractivity contribution in [3.8, 4) is 0 Å². The van der Waals surface area contributed by atoms with Crippen LogP contribution in [0.25, 0.3) is 0 Å². The molecule has 23 heavy (non-hydrogen) atoms. The fraction of sp³-hybridized carbons (Fsp3) is 0.625. The molecule has 1 aromatic carbocycles. The second-order valence-corrected chi connectivity index (χ2v) is 9.00. The number of nitrogens with zero attached hydrogens (tertiary/aromatic N) is 1. The van der Waals surface area contributed by atoms with Crippen LogP contribution in [0.1, 0.15) is 46.5 Å². The van der Waals surface area contributed by atoms with Crippen molar-refractivity contribution in [3.63, 3.8) is 0 Å². The summed E-state index contributed by atoms with van der Waals surface area (Å²) in [4.78, 5) is 10.1. The summed E-state index contributed by atoms with van der Waals surface area (Å²) in [5.74, 6) is 0.598. The van der Waals surface area contributed by atoms with E-state index in [2.05, 4.69) is 25.5 Å². The zero-order chi connectivity index (χ0) is 17.3. The Hall–Kier alpha value is -1.47. The first kappa shape index (κ1) is 17.9. The van der Waals surface area contributed by atoms with E-state index >= 15 is 0 Å². The summed E-state index contributed by atoms with van der Waals surface area (Å²) in [5, 5.41) is 10.8. The summed E-state index contributed by atoms with van der Waals surface area (Å²) in [6.07, 6.45) is 3.59. The number of hydrogen-bond acceptors (Lipinski definition) is 4. The number of nitrogens with one attached hydrogen (secondary N) is 1. The van der Waals surface area contributed by atoms with E-state index < -0.39 is 14.9 Å². The molecule has 0 radical (unpaired) electrons. The van der Waals surface area contributed by atoms with Crippen LogP contribution in [0.4, 0.5) is 5.69 Å². The van der Waals surface area contributed by atoms with Crippen molar-refractivity contribution in [2.24, 2.45) is 11.3 Å². The largest absolute Gasteiger partial charge is 0.270 e. The van der Waals surface area contributed by atoms with Gasteiger partial charge in [0.25, 0.3) is 5.69 Å². The third kappa shape index (κ3) is 4.51. The lowest BCUT2D eigenvalue weighted by molar-refractivity contribution is -0.385. The molecular formula is C16H24N2O4S. The van der Waals surface area contributed by atoms with Gasteiger partial charge < -0.3 is 0 Å². The predicted octanol–water partition coefficient (Wildman–Crippen LogP) is 3.48. The molecule has 0 heterocycles. The Kier molecular flexibility index (Phi) is 5.10. The van der Waals surface area contributed by atoms with Gasteiger partial charge >= 0.3 is 0 Å². The molecule has 0 amide bonds. The molecule has 6 nitrogen and oxygen atoms in total. The molecule has 7 heteroatoms. The molecule has 0 atom stereocenters. The molecule has 1 aromatic rings. The van der Waals surface area contributed by atoms with Gasteiger partial charge in [0.15, 0.2) is 0 Å². The van der Waals surface area contributed by atoms with Gasteiger partial charge in [-0.15, -0.1) is 0 Å². The van der Waals surface area contributed by atoms with Crippen molar-refractivity contribution in [2.45, 2.75) is 57.4 Å².